The molecule has 0 fully saturated rings. The van der Waals surface area contributed by atoms with Gasteiger partial charge in [-0.25, -0.2) is 9.13 Å². The first kappa shape index (κ1) is 16.1. The molecule has 0 aliphatic carbocycles. The molecule has 0 radical (unpaired) electrons. The average Bonchev–Trinajstić information content (AvgIpc) is 3.34. The summed E-state index contributed by atoms with van der Waals surface area (Å²) in [6.45, 7) is 1.10. The quantitative estimate of drug-likeness (QED) is 0.456. The van der Waals surface area contributed by atoms with Gasteiger partial charge in [-0.3, -0.25) is 0 Å². The van der Waals surface area contributed by atoms with E-state index in [-0.39, 0.29) is 6.04 Å². The van der Waals surface area contributed by atoms with Gasteiger partial charge in [0.1, 0.15) is 6.20 Å². The molecule has 1 aromatic heterocycles. The van der Waals surface area contributed by atoms with Crippen LogP contribution in [0.3, 0.4) is 0 Å². The largest absolute Gasteiger partial charge is 0.257 e. The van der Waals surface area contributed by atoms with Gasteiger partial charge in [0.25, 0.3) is 5.82 Å². The Balaban J connectivity index is 1.72. The molecular formula is C25H23N2+. The Morgan fingerprint density at radius 2 is 1.26 bits per heavy atom. The molecule has 0 atom stereocenters. The third kappa shape index (κ3) is 2.87. The van der Waals surface area contributed by atoms with Crippen LogP contribution in [0.5, 0.6) is 0 Å². The number of benzene rings is 3. The van der Waals surface area contributed by atoms with Gasteiger partial charge in [0, 0.05) is 16.7 Å². The summed E-state index contributed by atoms with van der Waals surface area (Å²) in [6, 6.07) is 32.7. The van der Waals surface area contributed by atoms with Crippen molar-refractivity contribution >= 4 is 0 Å². The minimum absolute atomic E-state index is 0.198. The first-order valence-corrected chi connectivity index (χ1v) is 9.71. The molecule has 0 amide bonds. The Morgan fingerprint density at radius 1 is 0.704 bits per heavy atom. The molecule has 0 N–H and O–H groups in total. The smallest absolute Gasteiger partial charge is 0.227 e. The summed E-state index contributed by atoms with van der Waals surface area (Å²) in [5, 5.41) is 0. The van der Waals surface area contributed by atoms with Crippen LogP contribution in [0.2, 0.25) is 0 Å². The molecule has 0 spiro atoms. The third-order valence-electron chi connectivity index (χ3n) is 5.52. The number of nitrogens with zero attached hydrogens (tertiary/aromatic N) is 2. The van der Waals surface area contributed by atoms with E-state index in [2.05, 4.69) is 106 Å². The van der Waals surface area contributed by atoms with Gasteiger partial charge < -0.3 is 0 Å². The fourth-order valence-electron chi connectivity index (χ4n) is 4.31. The average molecular weight is 351 g/mol. The van der Waals surface area contributed by atoms with Gasteiger partial charge in [0.2, 0.25) is 0 Å². The van der Waals surface area contributed by atoms with Crippen molar-refractivity contribution in [3.05, 3.63) is 114 Å². The fraction of sp³-hybridized carbons (Fsp3) is 0.160. The molecular weight excluding hydrogens is 328 g/mol. The van der Waals surface area contributed by atoms with Crippen molar-refractivity contribution in [1.82, 2.24) is 4.57 Å². The SMILES string of the molecule is c1ccc(-c2c[n+](C(c3ccccc3)c3ccccc3)c3n2CCC3)cc1. The number of hydrogen-bond donors (Lipinski definition) is 0. The Morgan fingerprint density at radius 3 is 1.85 bits per heavy atom. The number of fused-ring (bicyclic) bond motifs is 1. The third-order valence-corrected chi connectivity index (χ3v) is 5.52. The van der Waals surface area contributed by atoms with E-state index in [1.165, 1.54) is 34.6 Å². The summed E-state index contributed by atoms with van der Waals surface area (Å²) in [4.78, 5) is 0. The zero-order chi connectivity index (χ0) is 18.1. The summed E-state index contributed by atoms with van der Waals surface area (Å²) in [6.07, 6.45) is 4.70. The van der Waals surface area contributed by atoms with E-state index in [1.807, 2.05) is 0 Å². The zero-order valence-electron chi connectivity index (χ0n) is 15.3. The Labute approximate surface area is 160 Å². The highest BCUT2D eigenvalue weighted by molar-refractivity contribution is 5.58. The molecule has 4 aromatic rings. The standard InChI is InChI=1S/C25H23N2/c1-4-11-20(12-5-1)23-19-27(24-17-10-18-26(23)24)25(21-13-6-2-7-14-21)22-15-8-3-9-16-22/h1-9,11-16,19,25H,10,17-18H2/q+1. The van der Waals surface area contributed by atoms with Crippen LogP contribution in [0.1, 0.15) is 29.4 Å². The van der Waals surface area contributed by atoms with E-state index >= 15 is 0 Å². The van der Waals surface area contributed by atoms with Crippen LogP contribution >= 0.6 is 0 Å². The predicted octanol–water partition coefficient (Wildman–Crippen LogP) is 5.03. The molecule has 0 saturated heterocycles. The van der Waals surface area contributed by atoms with Crippen molar-refractivity contribution in [3.8, 4) is 11.3 Å². The van der Waals surface area contributed by atoms with E-state index in [0.717, 1.165) is 13.0 Å². The molecule has 2 nitrogen and oxygen atoms in total. The number of aromatic nitrogens is 2. The maximum atomic E-state index is 2.51. The molecule has 0 saturated carbocycles. The number of rotatable bonds is 4. The Kier molecular flexibility index (Phi) is 4.10. The van der Waals surface area contributed by atoms with Crippen molar-refractivity contribution in [2.75, 3.05) is 0 Å². The molecule has 0 bridgehead atoms. The second kappa shape index (κ2) is 6.88. The second-order valence-corrected chi connectivity index (χ2v) is 7.18. The maximum Gasteiger partial charge on any atom is 0.257 e. The van der Waals surface area contributed by atoms with Gasteiger partial charge >= 0.3 is 0 Å². The normalized spacial score (nSPS) is 13.1. The van der Waals surface area contributed by atoms with Crippen molar-refractivity contribution in [1.29, 1.82) is 0 Å². The molecule has 1 aliphatic rings. The van der Waals surface area contributed by atoms with E-state index < -0.39 is 0 Å². The van der Waals surface area contributed by atoms with Crippen LogP contribution in [0.4, 0.5) is 0 Å². The van der Waals surface area contributed by atoms with Gasteiger partial charge in [0.05, 0.1) is 13.0 Å². The van der Waals surface area contributed by atoms with Crippen LogP contribution in [0, 0.1) is 0 Å². The lowest BCUT2D eigenvalue weighted by molar-refractivity contribution is -0.710. The van der Waals surface area contributed by atoms with Crippen LogP contribution < -0.4 is 4.57 Å². The van der Waals surface area contributed by atoms with Crippen LogP contribution in [0.15, 0.2) is 97.2 Å². The van der Waals surface area contributed by atoms with Gasteiger partial charge in [0.15, 0.2) is 11.7 Å². The summed E-state index contributed by atoms with van der Waals surface area (Å²) in [5.41, 5.74) is 5.27. The van der Waals surface area contributed by atoms with Crippen molar-refractivity contribution in [2.45, 2.75) is 25.4 Å². The molecule has 2 heteroatoms. The molecule has 3 aromatic carbocycles. The van der Waals surface area contributed by atoms with Crippen LogP contribution in [-0.4, -0.2) is 4.57 Å². The van der Waals surface area contributed by atoms with Crippen LogP contribution in [-0.2, 0) is 13.0 Å². The monoisotopic (exact) mass is 351 g/mol. The molecule has 5 rings (SSSR count). The summed E-state index contributed by atoms with van der Waals surface area (Å²) in [7, 11) is 0. The second-order valence-electron chi connectivity index (χ2n) is 7.18. The highest BCUT2D eigenvalue weighted by Crippen LogP contribution is 2.29. The molecule has 1 aliphatic heterocycles. The minimum atomic E-state index is 0.198. The van der Waals surface area contributed by atoms with Gasteiger partial charge in [-0.05, 0) is 6.42 Å². The van der Waals surface area contributed by atoms with Gasteiger partial charge in [-0.1, -0.05) is 91.0 Å². The lowest BCUT2D eigenvalue weighted by Gasteiger charge is -2.16. The lowest BCUT2D eigenvalue weighted by Crippen LogP contribution is -2.42. The topological polar surface area (TPSA) is 8.81 Å². The Hall–Kier alpha value is -3.13. The lowest BCUT2D eigenvalue weighted by atomic mass is 9.98. The summed E-state index contributed by atoms with van der Waals surface area (Å²) < 4.78 is 5.01. The first-order valence-electron chi connectivity index (χ1n) is 9.71. The molecule has 0 unspecified atom stereocenters. The maximum absolute atomic E-state index is 2.51. The van der Waals surface area contributed by atoms with Gasteiger partial charge in [-0.15, -0.1) is 0 Å². The van der Waals surface area contributed by atoms with E-state index in [4.69, 9.17) is 0 Å². The molecule has 2 heterocycles. The van der Waals surface area contributed by atoms with E-state index in [0.29, 0.717) is 0 Å². The summed E-state index contributed by atoms with van der Waals surface area (Å²) in [5.74, 6) is 1.42. The van der Waals surface area contributed by atoms with Crippen molar-refractivity contribution in [3.63, 3.8) is 0 Å². The van der Waals surface area contributed by atoms with Crippen molar-refractivity contribution in [2.24, 2.45) is 0 Å². The zero-order valence-corrected chi connectivity index (χ0v) is 15.3. The first-order chi connectivity index (χ1) is 13.4. The highest BCUT2D eigenvalue weighted by Gasteiger charge is 2.33. The van der Waals surface area contributed by atoms with Crippen LogP contribution in [0.25, 0.3) is 11.3 Å². The fourth-order valence-corrected chi connectivity index (χ4v) is 4.31. The molecule has 132 valence electrons. The van der Waals surface area contributed by atoms with Crippen molar-refractivity contribution < 1.29 is 4.57 Å². The molecule has 27 heavy (non-hydrogen) atoms. The predicted molar refractivity (Wildman–Crippen MR) is 109 cm³/mol. The number of hydrogen-bond acceptors (Lipinski definition) is 0. The van der Waals surface area contributed by atoms with Gasteiger partial charge in [-0.2, -0.15) is 0 Å². The Bertz CT molecular complexity index is 994. The van der Waals surface area contributed by atoms with E-state index in [1.54, 1.807) is 0 Å². The highest BCUT2D eigenvalue weighted by atomic mass is 15.2. The minimum Gasteiger partial charge on any atom is -0.227 e. The number of imidazole rings is 1. The van der Waals surface area contributed by atoms with E-state index in [9.17, 15) is 0 Å². The summed E-state index contributed by atoms with van der Waals surface area (Å²) >= 11 is 0.